The molecule has 0 saturated heterocycles. The van der Waals surface area contributed by atoms with Crippen LogP contribution in [-0.2, 0) is 24.1 Å². The summed E-state index contributed by atoms with van der Waals surface area (Å²) in [5.74, 6) is -0.623. The van der Waals surface area contributed by atoms with Crippen molar-refractivity contribution in [1.29, 1.82) is 0 Å². The normalized spacial score (nSPS) is 11.1. The number of carbonyl (C=O) groups excluding carboxylic acids is 1. The molecule has 5 aromatic rings. The van der Waals surface area contributed by atoms with Crippen molar-refractivity contribution in [1.82, 2.24) is 9.55 Å². The van der Waals surface area contributed by atoms with E-state index in [1.54, 1.807) is 13.1 Å². The molecule has 0 fully saturated rings. The number of benzene rings is 3. The minimum atomic E-state index is -0.623. The summed E-state index contributed by atoms with van der Waals surface area (Å²) in [7, 11) is 0. The van der Waals surface area contributed by atoms with Gasteiger partial charge in [0.05, 0.1) is 11.6 Å². The quantitative estimate of drug-likeness (QED) is 0.185. The zero-order chi connectivity index (χ0) is 26.5. The topological polar surface area (TPSA) is 61.2 Å². The van der Waals surface area contributed by atoms with Gasteiger partial charge in [-0.1, -0.05) is 78.3 Å². The van der Waals surface area contributed by atoms with E-state index in [9.17, 15) is 9.59 Å². The van der Waals surface area contributed by atoms with Crippen LogP contribution in [0.15, 0.2) is 89.9 Å². The third-order valence-electron chi connectivity index (χ3n) is 6.37. The van der Waals surface area contributed by atoms with E-state index < -0.39 is 5.97 Å². The maximum Gasteiger partial charge on any atom is 0.343 e. The van der Waals surface area contributed by atoms with Crippen molar-refractivity contribution >= 4 is 39.3 Å². The number of hydrogen-bond donors (Lipinski definition) is 0. The molecule has 0 spiro atoms. The second-order valence-corrected chi connectivity index (χ2v) is 10.5. The average molecular weight is 543 g/mol. The van der Waals surface area contributed by atoms with Crippen LogP contribution in [0, 0.1) is 0 Å². The zero-order valence-electron chi connectivity index (χ0n) is 21.0. The van der Waals surface area contributed by atoms with E-state index in [4.69, 9.17) is 21.3 Å². The summed E-state index contributed by atoms with van der Waals surface area (Å²) >= 11 is 7.51. The van der Waals surface area contributed by atoms with Gasteiger partial charge in [-0.2, -0.15) is 0 Å². The molecule has 2 heterocycles. The monoisotopic (exact) mass is 542 g/mol. The fraction of sp³-hybridized carbons (Fsp3) is 0.194. The van der Waals surface area contributed by atoms with Crippen LogP contribution in [0.4, 0.5) is 0 Å². The maximum absolute atomic E-state index is 13.3. The lowest BCUT2D eigenvalue weighted by molar-refractivity contribution is 0.0524. The zero-order valence-corrected chi connectivity index (χ0v) is 22.6. The van der Waals surface area contributed by atoms with Crippen molar-refractivity contribution in [2.24, 2.45) is 0 Å². The molecular formula is C31H27ClN2O3S. The van der Waals surface area contributed by atoms with Gasteiger partial charge in [0.2, 0.25) is 5.43 Å². The summed E-state index contributed by atoms with van der Waals surface area (Å²) in [6.07, 6.45) is 4.13. The Morgan fingerprint density at radius 1 is 0.974 bits per heavy atom. The van der Waals surface area contributed by atoms with Gasteiger partial charge in [0.15, 0.2) is 0 Å². The Hall–Kier alpha value is -3.74. The molecule has 5 rings (SSSR count). The molecule has 3 aromatic carbocycles. The highest BCUT2D eigenvalue weighted by Gasteiger charge is 2.20. The number of carbonyl (C=O) groups is 1. The number of rotatable bonds is 9. The van der Waals surface area contributed by atoms with E-state index >= 15 is 0 Å². The van der Waals surface area contributed by atoms with Gasteiger partial charge in [0.1, 0.15) is 15.9 Å². The summed E-state index contributed by atoms with van der Waals surface area (Å²) in [5.41, 5.74) is 4.44. The molecule has 0 aliphatic carbocycles. The fourth-order valence-corrected chi connectivity index (χ4v) is 5.71. The molecule has 0 bridgehead atoms. The molecule has 0 atom stereocenters. The summed E-state index contributed by atoms with van der Waals surface area (Å²) in [5, 5.41) is 1.59. The lowest BCUT2D eigenvalue weighted by atomic mass is 9.99. The standard InChI is InChI=1S/C31H27ClN2O3S/c1-2-37-31(36)26-20-34(19-23-12-6-7-13-25(23)22-10-4-3-5-11-22)30-28(29(26)35)33-27(38-30)14-8-9-21-15-17-24(32)18-16-21/h3-7,10-13,15-18,20H,2,8-9,14,19H2,1H3. The third kappa shape index (κ3) is 5.72. The molecule has 0 saturated carbocycles. The molecule has 0 N–H and O–H groups in total. The molecule has 0 amide bonds. The number of nitrogens with zero attached hydrogens (tertiary/aromatic N) is 2. The van der Waals surface area contributed by atoms with Crippen molar-refractivity contribution in [3.8, 4) is 11.1 Å². The van der Waals surface area contributed by atoms with Gasteiger partial charge in [-0.3, -0.25) is 4.79 Å². The Morgan fingerprint density at radius 3 is 2.47 bits per heavy atom. The molecule has 7 heteroatoms. The van der Waals surface area contributed by atoms with Crippen LogP contribution in [0.25, 0.3) is 21.5 Å². The first-order valence-electron chi connectivity index (χ1n) is 12.6. The summed E-state index contributed by atoms with van der Waals surface area (Å²) in [4.78, 5) is 31.4. The van der Waals surface area contributed by atoms with Gasteiger partial charge < -0.3 is 9.30 Å². The SMILES string of the molecule is CCOC(=O)c1cn(Cc2ccccc2-c2ccccc2)c2sc(CCCc3ccc(Cl)cc3)nc2c1=O. The number of aromatic nitrogens is 2. The lowest BCUT2D eigenvalue weighted by Gasteiger charge is -2.14. The van der Waals surface area contributed by atoms with Crippen LogP contribution in [0.5, 0.6) is 0 Å². The Bertz CT molecular complexity index is 1630. The van der Waals surface area contributed by atoms with E-state index in [2.05, 4.69) is 24.3 Å². The Labute approximate surface area is 230 Å². The molecule has 38 heavy (non-hydrogen) atoms. The molecular weight excluding hydrogens is 516 g/mol. The predicted molar refractivity (Wildman–Crippen MR) is 154 cm³/mol. The molecule has 192 valence electrons. The highest BCUT2D eigenvalue weighted by atomic mass is 35.5. The number of halogens is 1. The first-order valence-corrected chi connectivity index (χ1v) is 13.8. The van der Waals surface area contributed by atoms with Crippen LogP contribution in [0.1, 0.15) is 39.8 Å². The second kappa shape index (κ2) is 11.8. The minimum Gasteiger partial charge on any atom is -0.462 e. The number of thiazole rings is 1. The number of aryl methyl sites for hydroxylation is 2. The number of hydrogen-bond acceptors (Lipinski definition) is 5. The van der Waals surface area contributed by atoms with Gasteiger partial charge in [-0.05, 0) is 60.6 Å². The Morgan fingerprint density at radius 2 is 1.71 bits per heavy atom. The lowest BCUT2D eigenvalue weighted by Crippen LogP contribution is -2.21. The summed E-state index contributed by atoms with van der Waals surface area (Å²) in [6, 6.07) is 26.2. The summed E-state index contributed by atoms with van der Waals surface area (Å²) in [6.45, 7) is 2.41. The molecule has 0 aliphatic rings. The van der Waals surface area contributed by atoms with E-state index in [1.165, 1.54) is 16.9 Å². The van der Waals surface area contributed by atoms with Crippen LogP contribution in [-0.4, -0.2) is 22.1 Å². The van der Waals surface area contributed by atoms with Crippen molar-refractivity contribution in [2.45, 2.75) is 32.7 Å². The maximum atomic E-state index is 13.3. The largest absolute Gasteiger partial charge is 0.462 e. The molecule has 0 aliphatic heterocycles. The Kier molecular flexibility index (Phi) is 8.01. The number of pyridine rings is 1. The van der Waals surface area contributed by atoms with Crippen LogP contribution in [0.3, 0.4) is 0 Å². The number of ether oxygens (including phenoxy) is 1. The van der Waals surface area contributed by atoms with Gasteiger partial charge in [0.25, 0.3) is 0 Å². The van der Waals surface area contributed by atoms with Gasteiger partial charge >= 0.3 is 5.97 Å². The van der Waals surface area contributed by atoms with Crippen molar-refractivity contribution < 1.29 is 9.53 Å². The first kappa shape index (κ1) is 25.9. The molecule has 2 aromatic heterocycles. The predicted octanol–water partition coefficient (Wildman–Crippen LogP) is 7.18. The molecule has 5 nitrogen and oxygen atoms in total. The molecule has 0 unspecified atom stereocenters. The summed E-state index contributed by atoms with van der Waals surface area (Å²) < 4.78 is 7.16. The van der Waals surface area contributed by atoms with E-state index in [1.807, 2.05) is 59.2 Å². The first-order chi connectivity index (χ1) is 18.5. The van der Waals surface area contributed by atoms with Crippen molar-refractivity contribution in [2.75, 3.05) is 6.61 Å². The third-order valence-corrected chi connectivity index (χ3v) is 7.77. The van der Waals surface area contributed by atoms with Crippen LogP contribution >= 0.6 is 22.9 Å². The van der Waals surface area contributed by atoms with Crippen LogP contribution < -0.4 is 5.43 Å². The van der Waals surface area contributed by atoms with E-state index in [-0.39, 0.29) is 17.6 Å². The highest BCUT2D eigenvalue weighted by Crippen LogP contribution is 2.28. The molecule has 0 radical (unpaired) electrons. The van der Waals surface area contributed by atoms with Gasteiger partial charge in [-0.25, -0.2) is 9.78 Å². The van der Waals surface area contributed by atoms with E-state index in [0.717, 1.165) is 50.8 Å². The fourth-order valence-electron chi connectivity index (χ4n) is 4.51. The van der Waals surface area contributed by atoms with Gasteiger partial charge in [0, 0.05) is 17.8 Å². The highest BCUT2D eigenvalue weighted by molar-refractivity contribution is 7.18. The smallest absolute Gasteiger partial charge is 0.343 e. The number of esters is 1. The van der Waals surface area contributed by atoms with Crippen molar-refractivity contribution in [3.05, 3.63) is 122 Å². The minimum absolute atomic E-state index is 0.00885. The van der Waals surface area contributed by atoms with Gasteiger partial charge in [-0.15, -0.1) is 11.3 Å². The van der Waals surface area contributed by atoms with Crippen molar-refractivity contribution in [3.63, 3.8) is 0 Å². The second-order valence-electron chi connectivity index (χ2n) is 8.98. The average Bonchev–Trinajstić information content (AvgIpc) is 3.37. The van der Waals surface area contributed by atoms with Crippen LogP contribution in [0.2, 0.25) is 5.02 Å². The Balaban J connectivity index is 1.51. The number of fused-ring (bicyclic) bond motifs is 1. The van der Waals surface area contributed by atoms with E-state index in [0.29, 0.717) is 12.1 Å².